The van der Waals surface area contributed by atoms with Crippen molar-refractivity contribution in [3.8, 4) is 0 Å². The van der Waals surface area contributed by atoms with Gasteiger partial charge in [0, 0.05) is 23.3 Å². The van der Waals surface area contributed by atoms with Crippen molar-refractivity contribution in [1.82, 2.24) is 10.4 Å². The molecule has 1 atom stereocenters. The zero-order valence-electron chi connectivity index (χ0n) is 10.2. The van der Waals surface area contributed by atoms with Gasteiger partial charge in [0.05, 0.1) is 6.04 Å². The highest BCUT2D eigenvalue weighted by atomic mass is 35.5. The normalized spacial score (nSPS) is 12.4. The molecule has 1 unspecified atom stereocenters. The van der Waals surface area contributed by atoms with Crippen molar-refractivity contribution in [2.45, 2.75) is 19.4 Å². The molecule has 0 radical (unpaired) electrons. The Labute approximate surface area is 112 Å². The maximum Gasteiger partial charge on any atom is 0.0515 e. The molecule has 4 heteroatoms. The smallest absolute Gasteiger partial charge is 0.0515 e. The number of nitrogens with one attached hydrogen (secondary N) is 1. The second kappa shape index (κ2) is 5.96. The zero-order valence-corrected chi connectivity index (χ0v) is 11.0. The minimum absolute atomic E-state index is 0.0120. The Morgan fingerprint density at radius 2 is 2.17 bits per heavy atom. The molecule has 2 rings (SSSR count). The summed E-state index contributed by atoms with van der Waals surface area (Å²) in [4.78, 5) is 4.30. The van der Waals surface area contributed by atoms with Crippen molar-refractivity contribution < 1.29 is 0 Å². The highest BCUT2D eigenvalue weighted by Gasteiger charge is 2.12. The van der Waals surface area contributed by atoms with E-state index in [2.05, 4.69) is 10.4 Å². The van der Waals surface area contributed by atoms with E-state index in [0.29, 0.717) is 0 Å². The van der Waals surface area contributed by atoms with Gasteiger partial charge in [-0.2, -0.15) is 0 Å². The molecule has 3 nitrogen and oxygen atoms in total. The molecule has 18 heavy (non-hydrogen) atoms. The summed E-state index contributed by atoms with van der Waals surface area (Å²) in [6, 6.07) is 11.9. The van der Waals surface area contributed by atoms with Gasteiger partial charge in [-0.05, 0) is 36.2 Å². The molecular weight excluding hydrogens is 246 g/mol. The molecule has 3 N–H and O–H groups in total. The van der Waals surface area contributed by atoms with Gasteiger partial charge < -0.3 is 0 Å². The first-order valence-corrected chi connectivity index (χ1v) is 6.20. The Kier molecular flexibility index (Phi) is 4.31. The number of nitrogens with zero attached hydrogens (tertiary/aromatic N) is 1. The molecule has 0 amide bonds. The van der Waals surface area contributed by atoms with Gasteiger partial charge in [-0.1, -0.05) is 29.8 Å². The molecule has 1 heterocycles. The number of aromatic nitrogens is 1. The molecule has 0 fully saturated rings. The Morgan fingerprint density at radius 1 is 1.33 bits per heavy atom. The van der Waals surface area contributed by atoms with Crippen molar-refractivity contribution in [1.29, 1.82) is 0 Å². The summed E-state index contributed by atoms with van der Waals surface area (Å²) in [5, 5.41) is 0.758. The highest BCUT2D eigenvalue weighted by Crippen LogP contribution is 2.23. The van der Waals surface area contributed by atoms with Crippen LogP contribution in [0.4, 0.5) is 0 Å². The average molecular weight is 262 g/mol. The van der Waals surface area contributed by atoms with Crippen LogP contribution in [0.25, 0.3) is 0 Å². The van der Waals surface area contributed by atoms with Crippen LogP contribution in [-0.4, -0.2) is 4.98 Å². The molecular formula is C14H16ClN3. The number of pyridine rings is 1. The van der Waals surface area contributed by atoms with Crippen LogP contribution in [0.1, 0.15) is 22.9 Å². The van der Waals surface area contributed by atoms with Crippen LogP contribution >= 0.6 is 11.6 Å². The summed E-state index contributed by atoms with van der Waals surface area (Å²) in [7, 11) is 0. The molecule has 94 valence electrons. The van der Waals surface area contributed by atoms with E-state index >= 15 is 0 Å². The summed E-state index contributed by atoms with van der Waals surface area (Å²) in [6.45, 7) is 1.98. The summed E-state index contributed by atoms with van der Waals surface area (Å²) in [6.07, 6.45) is 2.52. The van der Waals surface area contributed by atoms with Crippen LogP contribution in [0.5, 0.6) is 0 Å². The Morgan fingerprint density at radius 3 is 2.78 bits per heavy atom. The topological polar surface area (TPSA) is 50.9 Å². The minimum Gasteiger partial charge on any atom is -0.271 e. The molecule has 0 spiro atoms. The second-order valence-corrected chi connectivity index (χ2v) is 4.66. The van der Waals surface area contributed by atoms with E-state index in [1.54, 1.807) is 6.20 Å². The number of rotatable bonds is 4. The molecule has 1 aromatic carbocycles. The van der Waals surface area contributed by atoms with E-state index < -0.39 is 0 Å². The van der Waals surface area contributed by atoms with Crippen LogP contribution in [-0.2, 0) is 6.42 Å². The fourth-order valence-electron chi connectivity index (χ4n) is 1.83. The van der Waals surface area contributed by atoms with Crippen molar-refractivity contribution in [2.24, 2.45) is 5.84 Å². The predicted molar refractivity (Wildman–Crippen MR) is 74.2 cm³/mol. The average Bonchev–Trinajstić information content (AvgIpc) is 2.40. The molecule has 0 saturated carbocycles. The van der Waals surface area contributed by atoms with E-state index in [1.807, 2.05) is 43.3 Å². The first-order valence-electron chi connectivity index (χ1n) is 5.83. The van der Waals surface area contributed by atoms with Crippen molar-refractivity contribution in [3.05, 3.63) is 64.4 Å². The lowest BCUT2D eigenvalue weighted by atomic mass is 10.0. The van der Waals surface area contributed by atoms with E-state index in [9.17, 15) is 0 Å². The van der Waals surface area contributed by atoms with E-state index in [-0.39, 0.29) is 6.04 Å². The molecule has 2 aromatic rings. The molecule has 0 bridgehead atoms. The first-order chi connectivity index (χ1) is 8.70. The fourth-order valence-corrected chi connectivity index (χ4v) is 2.02. The fraction of sp³-hybridized carbons (Fsp3) is 0.214. The number of nitrogens with two attached hydrogens (primary N) is 1. The predicted octanol–water partition coefficient (Wildman–Crippen LogP) is 2.79. The van der Waals surface area contributed by atoms with Crippen LogP contribution < -0.4 is 11.3 Å². The van der Waals surface area contributed by atoms with Crippen molar-refractivity contribution >= 4 is 11.6 Å². The number of hydrogen-bond acceptors (Lipinski definition) is 3. The van der Waals surface area contributed by atoms with Gasteiger partial charge in [-0.15, -0.1) is 0 Å². The summed E-state index contributed by atoms with van der Waals surface area (Å²) in [5.41, 5.74) is 5.94. The Bertz CT molecular complexity index is 514. The number of halogens is 1. The lowest BCUT2D eigenvalue weighted by molar-refractivity contribution is 0.546. The largest absolute Gasteiger partial charge is 0.271 e. The number of benzene rings is 1. The lowest BCUT2D eigenvalue weighted by Gasteiger charge is -2.16. The third-order valence-corrected chi connectivity index (χ3v) is 3.35. The van der Waals surface area contributed by atoms with Crippen molar-refractivity contribution in [2.75, 3.05) is 0 Å². The van der Waals surface area contributed by atoms with Crippen molar-refractivity contribution in [3.63, 3.8) is 0 Å². The maximum atomic E-state index is 6.13. The van der Waals surface area contributed by atoms with E-state index in [0.717, 1.165) is 28.3 Å². The third-order valence-electron chi connectivity index (χ3n) is 2.94. The monoisotopic (exact) mass is 261 g/mol. The number of aryl methyl sites for hydroxylation is 1. The number of hydrogen-bond donors (Lipinski definition) is 2. The third kappa shape index (κ3) is 3.07. The molecule has 0 aliphatic carbocycles. The van der Waals surface area contributed by atoms with Gasteiger partial charge >= 0.3 is 0 Å². The molecule has 1 aromatic heterocycles. The van der Waals surface area contributed by atoms with Crippen LogP contribution in [0.3, 0.4) is 0 Å². The Balaban J connectivity index is 2.20. The lowest BCUT2D eigenvalue weighted by Crippen LogP contribution is -2.29. The van der Waals surface area contributed by atoms with Gasteiger partial charge in [-0.25, -0.2) is 0 Å². The van der Waals surface area contributed by atoms with Crippen LogP contribution in [0.15, 0.2) is 42.6 Å². The summed E-state index contributed by atoms with van der Waals surface area (Å²) >= 11 is 6.13. The Hall–Kier alpha value is -1.42. The van der Waals surface area contributed by atoms with Crippen LogP contribution in [0, 0.1) is 6.92 Å². The highest BCUT2D eigenvalue weighted by molar-refractivity contribution is 6.31. The maximum absolute atomic E-state index is 6.13. The number of hydrazine groups is 1. The van der Waals surface area contributed by atoms with Crippen LogP contribution in [0.2, 0.25) is 5.02 Å². The van der Waals surface area contributed by atoms with Gasteiger partial charge in [0.2, 0.25) is 0 Å². The summed E-state index contributed by atoms with van der Waals surface area (Å²) in [5.74, 6) is 5.62. The van der Waals surface area contributed by atoms with Gasteiger partial charge in [0.25, 0.3) is 0 Å². The SMILES string of the molecule is Cc1ccc(C(Cc2ccccn2)NN)cc1Cl. The molecule has 0 saturated heterocycles. The second-order valence-electron chi connectivity index (χ2n) is 4.25. The minimum atomic E-state index is 0.0120. The zero-order chi connectivity index (χ0) is 13.0. The van der Waals surface area contributed by atoms with E-state index in [1.165, 1.54) is 0 Å². The molecule has 0 aliphatic heterocycles. The van der Waals surface area contributed by atoms with Gasteiger partial charge in [0.15, 0.2) is 0 Å². The quantitative estimate of drug-likeness (QED) is 0.657. The first kappa shape index (κ1) is 13.0. The summed E-state index contributed by atoms with van der Waals surface area (Å²) < 4.78 is 0. The van der Waals surface area contributed by atoms with Gasteiger partial charge in [0.1, 0.15) is 0 Å². The molecule has 0 aliphatic rings. The van der Waals surface area contributed by atoms with E-state index in [4.69, 9.17) is 17.4 Å². The standard InChI is InChI=1S/C14H16ClN3/c1-10-5-6-11(8-13(10)15)14(18-16)9-12-4-2-3-7-17-12/h2-8,14,18H,9,16H2,1H3. The van der Waals surface area contributed by atoms with Gasteiger partial charge in [-0.3, -0.25) is 16.3 Å².